The van der Waals surface area contributed by atoms with E-state index in [4.69, 9.17) is 20.8 Å². The Kier molecular flexibility index (Phi) is 6.73. The van der Waals surface area contributed by atoms with Crippen LogP contribution < -0.4 is 21.0 Å². The SMILES string of the molecule is COc1c(NC(C)[C@H]2CCC[C@H]2O)cc(C(=O)Nc2nnc(-c3c(Cl)ccn3C)s2)oc1=O. The fourth-order valence-corrected chi connectivity index (χ4v) is 5.26. The van der Waals surface area contributed by atoms with Crippen molar-refractivity contribution in [3.05, 3.63) is 39.5 Å². The van der Waals surface area contributed by atoms with E-state index >= 15 is 0 Å². The Balaban J connectivity index is 1.55. The lowest BCUT2D eigenvalue weighted by Gasteiger charge is -2.25. The second-order valence-electron chi connectivity index (χ2n) is 7.93. The molecule has 0 aliphatic heterocycles. The van der Waals surface area contributed by atoms with E-state index in [1.54, 1.807) is 16.8 Å². The van der Waals surface area contributed by atoms with Crippen molar-refractivity contribution in [3.63, 3.8) is 0 Å². The standard InChI is InChI=1S/C21H24ClN5O5S/c1-10(11-5-4-6-14(11)28)23-13-9-15(32-20(30)17(13)31-3)18(29)24-21-26-25-19(33-21)16-12(22)7-8-27(16)2/h7-11,14,23,28H,4-6H2,1-3H3,(H,24,26,29)/t10?,11-,14-/m1/s1. The zero-order valence-corrected chi connectivity index (χ0v) is 19.9. The van der Waals surface area contributed by atoms with Gasteiger partial charge >= 0.3 is 5.63 Å². The molecule has 1 unspecified atom stereocenters. The maximum atomic E-state index is 12.8. The molecule has 3 aromatic rings. The number of carbonyl (C=O) groups excluding carboxylic acids is 1. The molecule has 3 N–H and O–H groups in total. The molecule has 0 aromatic carbocycles. The summed E-state index contributed by atoms with van der Waals surface area (Å²) in [4.78, 5) is 25.2. The number of aryl methyl sites for hydroxylation is 1. The molecule has 33 heavy (non-hydrogen) atoms. The highest BCUT2D eigenvalue weighted by molar-refractivity contribution is 7.18. The number of nitrogens with one attached hydrogen (secondary N) is 2. The first-order chi connectivity index (χ1) is 15.8. The van der Waals surface area contributed by atoms with Crippen LogP contribution in [0.1, 0.15) is 36.7 Å². The minimum absolute atomic E-state index is 0.0309. The van der Waals surface area contributed by atoms with Crippen molar-refractivity contribution in [2.24, 2.45) is 13.0 Å². The minimum Gasteiger partial charge on any atom is -0.488 e. The number of rotatable bonds is 7. The predicted molar refractivity (Wildman–Crippen MR) is 125 cm³/mol. The summed E-state index contributed by atoms with van der Waals surface area (Å²) in [6.07, 6.45) is 3.94. The number of carbonyl (C=O) groups is 1. The Bertz CT molecular complexity index is 1200. The van der Waals surface area contributed by atoms with Crippen LogP contribution in [0.3, 0.4) is 0 Å². The van der Waals surface area contributed by atoms with E-state index in [0.717, 1.165) is 30.6 Å². The quantitative estimate of drug-likeness (QED) is 0.456. The van der Waals surface area contributed by atoms with Crippen LogP contribution in [0.15, 0.2) is 27.5 Å². The molecule has 3 aromatic heterocycles. The third-order valence-electron chi connectivity index (χ3n) is 5.76. The maximum absolute atomic E-state index is 12.8. The van der Waals surface area contributed by atoms with Gasteiger partial charge in [-0.2, -0.15) is 0 Å². The number of halogens is 1. The summed E-state index contributed by atoms with van der Waals surface area (Å²) in [6, 6.07) is 3.00. The first kappa shape index (κ1) is 23.3. The fraction of sp³-hybridized carbons (Fsp3) is 0.429. The van der Waals surface area contributed by atoms with Crippen molar-refractivity contribution in [2.45, 2.75) is 38.3 Å². The van der Waals surface area contributed by atoms with Crippen LogP contribution in [0.2, 0.25) is 5.02 Å². The first-order valence-electron chi connectivity index (χ1n) is 10.4. The van der Waals surface area contributed by atoms with E-state index in [1.807, 2.05) is 14.0 Å². The summed E-state index contributed by atoms with van der Waals surface area (Å²) < 4.78 is 12.2. The highest BCUT2D eigenvalue weighted by Gasteiger charge is 2.31. The molecule has 1 amide bonds. The minimum atomic E-state index is -0.791. The summed E-state index contributed by atoms with van der Waals surface area (Å²) in [7, 11) is 3.18. The Hall–Kier alpha value is -2.89. The van der Waals surface area contributed by atoms with Gasteiger partial charge in [0.2, 0.25) is 10.9 Å². The van der Waals surface area contributed by atoms with Crippen molar-refractivity contribution in [1.82, 2.24) is 14.8 Å². The van der Waals surface area contributed by atoms with Gasteiger partial charge in [0, 0.05) is 31.3 Å². The predicted octanol–water partition coefficient (Wildman–Crippen LogP) is 3.37. The van der Waals surface area contributed by atoms with Crippen molar-refractivity contribution < 1.29 is 19.1 Å². The molecule has 0 spiro atoms. The smallest absolute Gasteiger partial charge is 0.381 e. The lowest BCUT2D eigenvalue weighted by atomic mass is 9.97. The summed E-state index contributed by atoms with van der Waals surface area (Å²) in [5.74, 6) is -0.881. The van der Waals surface area contributed by atoms with Gasteiger partial charge < -0.3 is 24.1 Å². The van der Waals surface area contributed by atoms with Crippen LogP contribution in [-0.2, 0) is 7.05 Å². The van der Waals surface area contributed by atoms with Crippen LogP contribution in [0.4, 0.5) is 10.8 Å². The zero-order chi connectivity index (χ0) is 23.7. The zero-order valence-electron chi connectivity index (χ0n) is 18.3. The van der Waals surface area contributed by atoms with Gasteiger partial charge in [-0.05, 0) is 25.8 Å². The third-order valence-corrected chi connectivity index (χ3v) is 6.91. The lowest BCUT2D eigenvalue weighted by molar-refractivity contribution is 0.0991. The van der Waals surface area contributed by atoms with Crippen molar-refractivity contribution in [1.29, 1.82) is 0 Å². The van der Waals surface area contributed by atoms with Crippen LogP contribution >= 0.6 is 22.9 Å². The summed E-state index contributed by atoms with van der Waals surface area (Å²) in [5, 5.41) is 25.3. The van der Waals surface area contributed by atoms with E-state index in [0.29, 0.717) is 21.4 Å². The number of ether oxygens (including phenoxy) is 1. The topological polar surface area (TPSA) is 132 Å². The number of nitrogens with zero attached hydrogens (tertiary/aromatic N) is 3. The molecule has 12 heteroatoms. The molecule has 1 saturated carbocycles. The Morgan fingerprint density at radius 3 is 2.85 bits per heavy atom. The molecule has 0 radical (unpaired) electrons. The van der Waals surface area contributed by atoms with Crippen molar-refractivity contribution in [2.75, 3.05) is 17.7 Å². The fourth-order valence-electron chi connectivity index (χ4n) is 4.08. The van der Waals surface area contributed by atoms with E-state index in [1.165, 1.54) is 13.2 Å². The second-order valence-corrected chi connectivity index (χ2v) is 9.31. The molecular weight excluding hydrogens is 470 g/mol. The average Bonchev–Trinajstić information content (AvgIpc) is 3.48. The van der Waals surface area contributed by atoms with Gasteiger partial charge in [0.05, 0.1) is 29.6 Å². The number of aliphatic hydroxyl groups is 1. The molecule has 3 heterocycles. The molecule has 1 fully saturated rings. The third kappa shape index (κ3) is 4.75. The maximum Gasteiger partial charge on any atom is 0.381 e. The van der Waals surface area contributed by atoms with Gasteiger partial charge in [-0.25, -0.2) is 4.79 Å². The van der Waals surface area contributed by atoms with Crippen LogP contribution in [0.5, 0.6) is 5.75 Å². The van der Waals surface area contributed by atoms with Gasteiger partial charge in [0.15, 0.2) is 10.8 Å². The molecule has 1 aliphatic rings. The van der Waals surface area contributed by atoms with E-state index in [2.05, 4.69) is 20.8 Å². The molecule has 10 nitrogen and oxygen atoms in total. The van der Waals surface area contributed by atoms with E-state index in [9.17, 15) is 14.7 Å². The highest BCUT2D eigenvalue weighted by Crippen LogP contribution is 2.33. The van der Waals surface area contributed by atoms with Crippen molar-refractivity contribution in [3.8, 4) is 16.5 Å². The molecule has 0 saturated heterocycles. The molecule has 1 aliphatic carbocycles. The summed E-state index contributed by atoms with van der Waals surface area (Å²) in [6.45, 7) is 1.92. The van der Waals surface area contributed by atoms with Crippen LogP contribution in [0.25, 0.3) is 10.7 Å². The average molecular weight is 494 g/mol. The van der Waals surface area contributed by atoms with Crippen LogP contribution in [-0.4, -0.2) is 45.0 Å². The molecule has 176 valence electrons. The number of aliphatic hydroxyl groups excluding tert-OH is 1. The summed E-state index contributed by atoms with van der Waals surface area (Å²) >= 11 is 7.34. The Labute approximate surface area is 198 Å². The summed E-state index contributed by atoms with van der Waals surface area (Å²) in [5.41, 5.74) is 0.208. The van der Waals surface area contributed by atoms with Crippen molar-refractivity contribution >= 4 is 39.7 Å². The number of amides is 1. The number of methoxy groups -OCH3 is 1. The number of hydrogen-bond donors (Lipinski definition) is 3. The molecular formula is C21H24ClN5O5S. The highest BCUT2D eigenvalue weighted by atomic mass is 35.5. The second kappa shape index (κ2) is 9.54. The number of hydrogen-bond acceptors (Lipinski definition) is 9. The molecule has 4 rings (SSSR count). The van der Waals surface area contributed by atoms with Gasteiger partial charge in [-0.1, -0.05) is 29.4 Å². The van der Waals surface area contributed by atoms with Gasteiger partial charge in [-0.15, -0.1) is 10.2 Å². The van der Waals surface area contributed by atoms with Gasteiger partial charge in [-0.3, -0.25) is 10.1 Å². The Morgan fingerprint density at radius 2 is 2.21 bits per heavy atom. The molecule has 0 bridgehead atoms. The number of aromatic nitrogens is 3. The lowest BCUT2D eigenvalue weighted by Crippen LogP contribution is -2.32. The molecule has 3 atom stereocenters. The largest absolute Gasteiger partial charge is 0.488 e. The Morgan fingerprint density at radius 1 is 1.42 bits per heavy atom. The van der Waals surface area contributed by atoms with Gasteiger partial charge in [0.1, 0.15) is 0 Å². The number of anilines is 2. The van der Waals surface area contributed by atoms with E-state index < -0.39 is 17.6 Å². The monoisotopic (exact) mass is 493 g/mol. The van der Waals surface area contributed by atoms with E-state index in [-0.39, 0.29) is 28.6 Å². The van der Waals surface area contributed by atoms with Gasteiger partial charge in [0.25, 0.3) is 5.91 Å². The normalized spacial score (nSPS) is 18.8. The first-order valence-corrected chi connectivity index (χ1v) is 11.6. The van der Waals surface area contributed by atoms with Crippen LogP contribution in [0, 0.1) is 5.92 Å².